The Morgan fingerprint density at radius 3 is 2.68 bits per heavy atom. The number of hydrogen-bond donors (Lipinski definition) is 1. The molecule has 0 amide bonds. The molecule has 19 heavy (non-hydrogen) atoms. The molecule has 1 N–H and O–H groups in total. The van der Waals surface area contributed by atoms with Crippen LogP contribution in [0.1, 0.15) is 51.5 Å². The molecular formula is C17H27NO. The highest BCUT2D eigenvalue weighted by Gasteiger charge is 2.33. The first-order chi connectivity index (χ1) is 9.22. The van der Waals surface area contributed by atoms with Crippen molar-refractivity contribution in [2.75, 3.05) is 13.1 Å². The van der Waals surface area contributed by atoms with E-state index in [1.165, 1.54) is 24.8 Å². The lowest BCUT2D eigenvalue weighted by Crippen LogP contribution is -2.34. The third-order valence-corrected chi connectivity index (χ3v) is 3.93. The average Bonchev–Trinajstić information content (AvgIpc) is 2.35. The smallest absolute Gasteiger partial charge is 0.123 e. The van der Waals surface area contributed by atoms with Crippen molar-refractivity contribution in [3.05, 3.63) is 29.8 Å². The zero-order valence-electron chi connectivity index (χ0n) is 12.5. The van der Waals surface area contributed by atoms with E-state index in [4.69, 9.17) is 4.74 Å². The van der Waals surface area contributed by atoms with Crippen LogP contribution in [0.25, 0.3) is 0 Å². The van der Waals surface area contributed by atoms with E-state index in [1.54, 1.807) is 0 Å². The first-order valence-electron chi connectivity index (χ1n) is 7.68. The van der Waals surface area contributed by atoms with Gasteiger partial charge in [-0.25, -0.2) is 0 Å². The van der Waals surface area contributed by atoms with Crippen molar-refractivity contribution in [3.8, 4) is 5.75 Å². The minimum atomic E-state index is 0.248. The minimum Gasteiger partial charge on any atom is -0.491 e. The van der Waals surface area contributed by atoms with Gasteiger partial charge in [0.05, 0.1) is 6.10 Å². The van der Waals surface area contributed by atoms with Crippen molar-refractivity contribution in [1.29, 1.82) is 0 Å². The summed E-state index contributed by atoms with van der Waals surface area (Å²) < 4.78 is 5.96. The van der Waals surface area contributed by atoms with Crippen molar-refractivity contribution in [2.24, 2.45) is 5.92 Å². The van der Waals surface area contributed by atoms with E-state index >= 15 is 0 Å². The average molecular weight is 261 g/mol. The molecule has 0 bridgehead atoms. The van der Waals surface area contributed by atoms with Gasteiger partial charge in [-0.05, 0) is 69.7 Å². The molecule has 2 atom stereocenters. The normalized spacial score (nSPS) is 22.3. The number of nitrogens with one attached hydrogen (secondary N) is 1. The molecule has 0 heterocycles. The van der Waals surface area contributed by atoms with Gasteiger partial charge in [-0.15, -0.1) is 0 Å². The largest absolute Gasteiger partial charge is 0.491 e. The summed E-state index contributed by atoms with van der Waals surface area (Å²) in [5.41, 5.74) is 1.41. The fraction of sp³-hybridized carbons (Fsp3) is 0.647. The van der Waals surface area contributed by atoms with Crippen LogP contribution in [0.3, 0.4) is 0 Å². The summed E-state index contributed by atoms with van der Waals surface area (Å²) in [7, 11) is 0. The highest BCUT2D eigenvalue weighted by Crippen LogP contribution is 2.45. The predicted octanol–water partition coefficient (Wildman–Crippen LogP) is 3.97. The molecule has 1 aliphatic rings. The summed E-state index contributed by atoms with van der Waals surface area (Å²) in [5.74, 6) is 2.55. The van der Waals surface area contributed by atoms with Gasteiger partial charge in [0.1, 0.15) is 5.75 Å². The number of benzene rings is 1. The minimum absolute atomic E-state index is 0.248. The fourth-order valence-corrected chi connectivity index (χ4v) is 2.84. The molecule has 0 radical (unpaired) electrons. The van der Waals surface area contributed by atoms with Crippen molar-refractivity contribution in [1.82, 2.24) is 5.32 Å². The Bertz CT molecular complexity index is 389. The standard InChI is InChI=1S/C17H27NO/c1-4-11-18-12-14-9-10-15(14)16-7-5-6-8-17(16)19-13(2)3/h5-8,13-15,18H,4,9-12H2,1-3H3. The van der Waals surface area contributed by atoms with Gasteiger partial charge in [0.15, 0.2) is 0 Å². The SMILES string of the molecule is CCCNCC1CCC1c1ccccc1OC(C)C. The topological polar surface area (TPSA) is 21.3 Å². The molecule has 0 aliphatic heterocycles. The number of hydrogen-bond acceptors (Lipinski definition) is 2. The lowest BCUT2D eigenvalue weighted by molar-refractivity contribution is 0.214. The van der Waals surface area contributed by atoms with Crippen molar-refractivity contribution in [2.45, 2.75) is 52.1 Å². The third kappa shape index (κ3) is 3.73. The van der Waals surface area contributed by atoms with Crippen LogP contribution in [0, 0.1) is 5.92 Å². The third-order valence-electron chi connectivity index (χ3n) is 3.93. The molecule has 1 fully saturated rings. The zero-order valence-corrected chi connectivity index (χ0v) is 12.5. The van der Waals surface area contributed by atoms with E-state index in [1.807, 2.05) is 0 Å². The Morgan fingerprint density at radius 1 is 1.26 bits per heavy atom. The molecule has 2 unspecified atom stereocenters. The maximum Gasteiger partial charge on any atom is 0.123 e. The van der Waals surface area contributed by atoms with Gasteiger partial charge < -0.3 is 10.1 Å². The predicted molar refractivity (Wildman–Crippen MR) is 80.8 cm³/mol. The number of ether oxygens (including phenoxy) is 1. The molecule has 0 aromatic heterocycles. The Balaban J connectivity index is 2.00. The van der Waals surface area contributed by atoms with Crippen molar-refractivity contribution >= 4 is 0 Å². The lowest BCUT2D eigenvalue weighted by Gasteiger charge is -2.38. The van der Waals surface area contributed by atoms with Crippen LogP contribution in [-0.2, 0) is 0 Å². The van der Waals surface area contributed by atoms with Gasteiger partial charge in [-0.1, -0.05) is 25.1 Å². The lowest BCUT2D eigenvalue weighted by atomic mass is 9.69. The second-order valence-corrected chi connectivity index (χ2v) is 5.85. The molecule has 106 valence electrons. The van der Waals surface area contributed by atoms with Crippen LogP contribution >= 0.6 is 0 Å². The van der Waals surface area contributed by atoms with E-state index in [9.17, 15) is 0 Å². The first-order valence-corrected chi connectivity index (χ1v) is 7.68. The highest BCUT2D eigenvalue weighted by atomic mass is 16.5. The van der Waals surface area contributed by atoms with Crippen LogP contribution < -0.4 is 10.1 Å². The Hall–Kier alpha value is -1.02. The van der Waals surface area contributed by atoms with Crippen LogP contribution in [0.15, 0.2) is 24.3 Å². The monoisotopic (exact) mass is 261 g/mol. The quantitative estimate of drug-likeness (QED) is 0.750. The summed E-state index contributed by atoms with van der Waals surface area (Å²) in [6, 6.07) is 8.57. The summed E-state index contributed by atoms with van der Waals surface area (Å²) in [4.78, 5) is 0. The molecule has 1 aromatic rings. The van der Waals surface area contributed by atoms with E-state index < -0.39 is 0 Å². The van der Waals surface area contributed by atoms with E-state index in [2.05, 4.69) is 50.4 Å². The van der Waals surface area contributed by atoms with Crippen molar-refractivity contribution in [3.63, 3.8) is 0 Å². The first kappa shape index (κ1) is 14.4. The maximum atomic E-state index is 5.96. The number of para-hydroxylation sites is 1. The molecule has 0 saturated heterocycles. The molecule has 1 aromatic carbocycles. The Morgan fingerprint density at radius 2 is 2.05 bits per heavy atom. The summed E-state index contributed by atoms with van der Waals surface area (Å²) in [6.45, 7) is 8.69. The van der Waals surface area contributed by atoms with Crippen LogP contribution in [0.2, 0.25) is 0 Å². The molecule has 2 rings (SSSR count). The zero-order chi connectivity index (χ0) is 13.7. The molecule has 0 spiro atoms. The highest BCUT2D eigenvalue weighted by molar-refractivity contribution is 5.38. The van der Waals surface area contributed by atoms with Gasteiger partial charge in [0.25, 0.3) is 0 Å². The van der Waals surface area contributed by atoms with E-state index in [-0.39, 0.29) is 6.10 Å². The Labute approximate surface area is 117 Å². The molecule has 1 aliphatic carbocycles. The van der Waals surface area contributed by atoms with E-state index in [0.717, 1.165) is 24.8 Å². The number of rotatable bonds is 7. The van der Waals surface area contributed by atoms with Gasteiger partial charge in [0, 0.05) is 0 Å². The maximum absolute atomic E-state index is 5.96. The Kier molecular flexibility index (Phi) is 5.26. The summed E-state index contributed by atoms with van der Waals surface area (Å²) in [6.07, 6.45) is 4.11. The van der Waals surface area contributed by atoms with Gasteiger partial charge in [-0.2, -0.15) is 0 Å². The van der Waals surface area contributed by atoms with Gasteiger partial charge in [0.2, 0.25) is 0 Å². The molecular weight excluding hydrogens is 234 g/mol. The second-order valence-electron chi connectivity index (χ2n) is 5.85. The van der Waals surface area contributed by atoms with Crippen LogP contribution in [-0.4, -0.2) is 19.2 Å². The fourth-order valence-electron chi connectivity index (χ4n) is 2.84. The molecule has 1 saturated carbocycles. The van der Waals surface area contributed by atoms with Crippen LogP contribution in [0.4, 0.5) is 0 Å². The van der Waals surface area contributed by atoms with Gasteiger partial charge >= 0.3 is 0 Å². The molecule has 2 heteroatoms. The van der Waals surface area contributed by atoms with Crippen molar-refractivity contribution < 1.29 is 4.74 Å². The van der Waals surface area contributed by atoms with Gasteiger partial charge in [-0.3, -0.25) is 0 Å². The van der Waals surface area contributed by atoms with E-state index in [0.29, 0.717) is 5.92 Å². The second kappa shape index (κ2) is 6.95. The summed E-state index contributed by atoms with van der Waals surface area (Å²) >= 11 is 0. The molecule has 2 nitrogen and oxygen atoms in total. The van der Waals surface area contributed by atoms with Crippen LogP contribution in [0.5, 0.6) is 5.75 Å². The summed E-state index contributed by atoms with van der Waals surface area (Å²) in [5, 5.41) is 3.56.